The van der Waals surface area contributed by atoms with Gasteiger partial charge in [0.15, 0.2) is 0 Å². The molecule has 3 aromatic carbocycles. The van der Waals surface area contributed by atoms with Crippen molar-refractivity contribution in [3.05, 3.63) is 105 Å². The summed E-state index contributed by atoms with van der Waals surface area (Å²) < 4.78 is 5.89. The van der Waals surface area contributed by atoms with E-state index >= 15 is 0 Å². The largest absolute Gasteiger partial charge is 0.465 e. The van der Waals surface area contributed by atoms with Crippen LogP contribution in [0.3, 0.4) is 0 Å². The van der Waals surface area contributed by atoms with E-state index in [1.165, 1.54) is 13.2 Å². The van der Waals surface area contributed by atoms with Crippen molar-refractivity contribution in [3.8, 4) is 22.4 Å². The van der Waals surface area contributed by atoms with Crippen LogP contribution in [-0.4, -0.2) is 28.8 Å². The van der Waals surface area contributed by atoms with Crippen LogP contribution in [0.5, 0.6) is 0 Å². The molecular weight excluding hydrogens is 489 g/mol. The zero-order valence-corrected chi connectivity index (χ0v) is 20.0. The van der Waals surface area contributed by atoms with E-state index in [4.69, 9.17) is 27.9 Å². The molecule has 1 heterocycles. The van der Waals surface area contributed by atoms with E-state index in [2.05, 4.69) is 10.4 Å². The Kier molecular flexibility index (Phi) is 7.29. The van der Waals surface area contributed by atoms with Crippen molar-refractivity contribution in [2.45, 2.75) is 6.54 Å². The summed E-state index contributed by atoms with van der Waals surface area (Å²) in [5, 5.41) is 7.77. The Hall–Kier alpha value is -3.94. The van der Waals surface area contributed by atoms with Crippen molar-refractivity contribution in [3.63, 3.8) is 0 Å². The highest BCUT2D eigenvalue weighted by atomic mass is 35.5. The first kappa shape index (κ1) is 24.2. The first-order chi connectivity index (χ1) is 16.9. The predicted molar refractivity (Wildman–Crippen MR) is 136 cm³/mol. The number of hydrogen-bond acceptors (Lipinski definition) is 5. The normalized spacial score (nSPS) is 10.6. The zero-order valence-electron chi connectivity index (χ0n) is 18.5. The molecule has 176 valence electrons. The molecule has 0 aliphatic carbocycles. The number of esters is 1. The number of hydrogen-bond donors (Lipinski definition) is 1. The van der Waals surface area contributed by atoms with Crippen LogP contribution in [0.4, 0.5) is 5.69 Å². The summed E-state index contributed by atoms with van der Waals surface area (Å²) in [7, 11) is 1.19. The Morgan fingerprint density at radius 1 is 0.914 bits per heavy atom. The van der Waals surface area contributed by atoms with E-state index in [0.29, 0.717) is 33.1 Å². The van der Waals surface area contributed by atoms with Crippen molar-refractivity contribution < 1.29 is 14.3 Å². The first-order valence-corrected chi connectivity index (χ1v) is 11.2. The van der Waals surface area contributed by atoms with Gasteiger partial charge in [0, 0.05) is 16.8 Å². The summed E-state index contributed by atoms with van der Waals surface area (Å²) in [6.45, 7) is -0.446. The molecule has 0 aliphatic rings. The fourth-order valence-corrected chi connectivity index (χ4v) is 3.86. The second-order valence-corrected chi connectivity index (χ2v) is 8.28. The summed E-state index contributed by atoms with van der Waals surface area (Å²) in [4.78, 5) is 39.0. The van der Waals surface area contributed by atoms with Gasteiger partial charge in [0.05, 0.1) is 22.8 Å². The maximum absolute atomic E-state index is 13.4. The number of aromatic nitrogens is 2. The van der Waals surface area contributed by atoms with E-state index in [1.807, 2.05) is 24.3 Å². The highest BCUT2D eigenvalue weighted by molar-refractivity contribution is 6.42. The molecule has 0 saturated carbocycles. The molecule has 7 nitrogen and oxygen atoms in total. The average Bonchev–Trinajstić information content (AvgIpc) is 2.87. The fourth-order valence-electron chi connectivity index (χ4n) is 3.56. The van der Waals surface area contributed by atoms with Crippen molar-refractivity contribution in [1.29, 1.82) is 0 Å². The lowest BCUT2D eigenvalue weighted by Crippen LogP contribution is -2.34. The Bertz CT molecular complexity index is 1460. The van der Waals surface area contributed by atoms with Gasteiger partial charge in [-0.15, -0.1) is 0 Å². The number of ether oxygens (including phenoxy) is 1. The van der Waals surface area contributed by atoms with Crippen molar-refractivity contribution >= 4 is 40.8 Å². The van der Waals surface area contributed by atoms with Crippen LogP contribution < -0.4 is 10.9 Å². The van der Waals surface area contributed by atoms with Crippen molar-refractivity contribution in [2.24, 2.45) is 0 Å². The van der Waals surface area contributed by atoms with E-state index in [9.17, 15) is 14.4 Å². The summed E-state index contributed by atoms with van der Waals surface area (Å²) in [5.41, 5.74) is 1.40. The highest BCUT2D eigenvalue weighted by Gasteiger charge is 2.26. The third-order valence-electron chi connectivity index (χ3n) is 5.15. The number of methoxy groups -OCH3 is 1. The first-order valence-electron chi connectivity index (χ1n) is 10.5. The van der Waals surface area contributed by atoms with Gasteiger partial charge in [0.25, 0.3) is 5.56 Å². The lowest BCUT2D eigenvalue weighted by Gasteiger charge is -2.16. The number of rotatable bonds is 6. The molecule has 0 atom stereocenters. The van der Waals surface area contributed by atoms with Gasteiger partial charge in [-0.1, -0.05) is 83.9 Å². The lowest BCUT2D eigenvalue weighted by atomic mass is 9.95. The second kappa shape index (κ2) is 10.5. The third-order valence-corrected chi connectivity index (χ3v) is 5.89. The van der Waals surface area contributed by atoms with Gasteiger partial charge >= 0.3 is 5.97 Å². The minimum absolute atomic E-state index is 0.213. The number of carbonyl (C=O) groups is 2. The van der Waals surface area contributed by atoms with Crippen LogP contribution in [0.2, 0.25) is 10.0 Å². The monoisotopic (exact) mass is 507 g/mol. The number of amides is 1. The van der Waals surface area contributed by atoms with Gasteiger partial charge in [-0.05, 0) is 23.8 Å². The standard InChI is InChI=1S/C26H19Cl2N3O4/c1-35-26(34)23-22(16-8-4-2-5-9-16)24(17-10-6-3-7-11-17)30-31(25(23)33)15-21(32)29-18-12-13-19(27)20(28)14-18/h2-14H,15H2,1H3,(H,29,32). The molecule has 0 saturated heterocycles. The van der Waals surface area contributed by atoms with Crippen LogP contribution in [0.15, 0.2) is 83.7 Å². The van der Waals surface area contributed by atoms with E-state index in [0.717, 1.165) is 4.68 Å². The molecule has 0 aliphatic heterocycles. The van der Waals surface area contributed by atoms with Crippen LogP contribution in [0.25, 0.3) is 22.4 Å². The number of nitrogens with zero attached hydrogens (tertiary/aromatic N) is 2. The summed E-state index contributed by atoms with van der Waals surface area (Å²) >= 11 is 11.9. The Morgan fingerprint density at radius 3 is 2.14 bits per heavy atom. The molecule has 0 fully saturated rings. The molecule has 1 amide bonds. The highest BCUT2D eigenvalue weighted by Crippen LogP contribution is 2.32. The van der Waals surface area contributed by atoms with Crippen LogP contribution in [0.1, 0.15) is 10.4 Å². The van der Waals surface area contributed by atoms with E-state index < -0.39 is 24.0 Å². The van der Waals surface area contributed by atoms with Gasteiger partial charge in [-0.3, -0.25) is 9.59 Å². The lowest BCUT2D eigenvalue weighted by molar-refractivity contribution is -0.117. The van der Waals surface area contributed by atoms with Crippen molar-refractivity contribution in [1.82, 2.24) is 9.78 Å². The molecule has 0 spiro atoms. The molecule has 4 aromatic rings. The molecule has 0 bridgehead atoms. The maximum Gasteiger partial charge on any atom is 0.344 e. The molecule has 35 heavy (non-hydrogen) atoms. The van der Waals surface area contributed by atoms with Crippen LogP contribution >= 0.6 is 23.2 Å². The summed E-state index contributed by atoms with van der Waals surface area (Å²) in [5.74, 6) is -1.37. The molecule has 1 N–H and O–H groups in total. The molecule has 0 radical (unpaired) electrons. The van der Waals surface area contributed by atoms with Crippen LogP contribution in [0, 0.1) is 0 Å². The number of halogens is 2. The topological polar surface area (TPSA) is 90.3 Å². The Morgan fingerprint density at radius 2 is 1.54 bits per heavy atom. The van der Waals surface area contributed by atoms with Gasteiger partial charge < -0.3 is 10.1 Å². The minimum Gasteiger partial charge on any atom is -0.465 e. The van der Waals surface area contributed by atoms with Gasteiger partial charge in [-0.2, -0.15) is 5.10 Å². The van der Waals surface area contributed by atoms with E-state index in [-0.39, 0.29) is 10.6 Å². The minimum atomic E-state index is -0.827. The molecule has 1 aromatic heterocycles. The van der Waals surface area contributed by atoms with E-state index in [1.54, 1.807) is 48.5 Å². The molecule has 4 rings (SSSR count). The van der Waals surface area contributed by atoms with Crippen molar-refractivity contribution in [2.75, 3.05) is 12.4 Å². The molecular formula is C26H19Cl2N3O4. The Labute approximate surface area is 210 Å². The quantitative estimate of drug-likeness (QED) is 0.357. The van der Waals surface area contributed by atoms with Gasteiger partial charge in [0.1, 0.15) is 12.1 Å². The predicted octanol–water partition coefficient (Wildman–Crippen LogP) is 5.31. The third kappa shape index (κ3) is 5.26. The van der Waals surface area contributed by atoms with Crippen LogP contribution in [-0.2, 0) is 16.1 Å². The number of nitrogens with one attached hydrogen (secondary N) is 1. The SMILES string of the molecule is COC(=O)c1c(-c2ccccc2)c(-c2ccccc2)nn(CC(=O)Nc2ccc(Cl)c(Cl)c2)c1=O. The molecule has 9 heteroatoms. The summed E-state index contributed by atoms with van der Waals surface area (Å²) in [6, 6.07) is 22.7. The maximum atomic E-state index is 13.4. The smallest absolute Gasteiger partial charge is 0.344 e. The fraction of sp³-hybridized carbons (Fsp3) is 0.0769. The Balaban J connectivity index is 1.85. The number of carbonyl (C=O) groups excluding carboxylic acids is 2. The second-order valence-electron chi connectivity index (χ2n) is 7.46. The average molecular weight is 508 g/mol. The number of benzene rings is 3. The summed E-state index contributed by atoms with van der Waals surface area (Å²) in [6.07, 6.45) is 0. The zero-order chi connectivity index (χ0) is 24.9. The van der Waals surface area contributed by atoms with Gasteiger partial charge in [0.2, 0.25) is 5.91 Å². The van der Waals surface area contributed by atoms with Gasteiger partial charge in [-0.25, -0.2) is 9.48 Å². The number of anilines is 1. The molecule has 0 unspecified atom stereocenters.